The standard InChI is InChI=1S/C30H46O7/c1-25(2)9-11-30(24(36)37)12-10-28(5)16(20(30)23(25)35)13-17(32)21-26(3)14-18(33)22(34)27(4,15-31)19(26)7-8-29(21,28)6/h13,18-23,31,33-35H,7-12,14-15H2,1-6H3,(H,36,37)/t18-,19-,20-,21-,22+,23-,26+,27+,28-,29-,30+/m1/s1. The van der Waals surface area contributed by atoms with E-state index in [2.05, 4.69) is 13.8 Å². The number of carboxylic acids is 1. The van der Waals surface area contributed by atoms with Crippen molar-refractivity contribution in [3.63, 3.8) is 0 Å². The minimum atomic E-state index is -1.08. The van der Waals surface area contributed by atoms with Crippen LogP contribution in [0.25, 0.3) is 0 Å². The fourth-order valence-corrected chi connectivity index (χ4v) is 10.6. The molecule has 37 heavy (non-hydrogen) atoms. The molecule has 5 aliphatic carbocycles. The summed E-state index contributed by atoms with van der Waals surface area (Å²) in [6.07, 6.45) is 2.56. The first-order valence-electron chi connectivity index (χ1n) is 14.1. The average molecular weight is 519 g/mol. The number of rotatable bonds is 2. The number of hydrogen-bond acceptors (Lipinski definition) is 6. The molecule has 5 rings (SSSR count). The van der Waals surface area contributed by atoms with Crippen LogP contribution in [0.1, 0.15) is 86.5 Å². The predicted octanol–water partition coefficient (Wildman–Crippen LogP) is 3.33. The molecule has 5 N–H and O–H groups in total. The van der Waals surface area contributed by atoms with Gasteiger partial charge in [0, 0.05) is 17.3 Å². The highest BCUT2D eigenvalue weighted by molar-refractivity contribution is 5.96. The molecule has 0 unspecified atom stereocenters. The van der Waals surface area contributed by atoms with E-state index < -0.39 is 68.6 Å². The van der Waals surface area contributed by atoms with Crippen molar-refractivity contribution in [1.82, 2.24) is 0 Å². The van der Waals surface area contributed by atoms with Gasteiger partial charge in [0.25, 0.3) is 0 Å². The van der Waals surface area contributed by atoms with E-state index in [9.17, 15) is 35.1 Å². The SMILES string of the molecule is CC1(C)CC[C@]2(C(=O)O)CC[C@]3(C)C(=CC(=O)[C@@H]4[C@@]5(C)C[C@@H](O)[C@H](O)[C@@](C)(CO)[C@@H]5CC[C@]43C)[C@@H]2[C@H]1O. The molecule has 0 spiro atoms. The molecule has 0 aromatic carbocycles. The van der Waals surface area contributed by atoms with Gasteiger partial charge in [0.05, 0.1) is 30.3 Å². The summed E-state index contributed by atoms with van der Waals surface area (Å²) < 4.78 is 0. The zero-order valence-electron chi connectivity index (χ0n) is 23.3. The van der Waals surface area contributed by atoms with Crippen LogP contribution in [0.5, 0.6) is 0 Å². The Hall–Kier alpha value is -1.28. The highest BCUT2D eigenvalue weighted by atomic mass is 16.4. The number of aliphatic hydroxyl groups is 4. The highest BCUT2D eigenvalue weighted by Crippen LogP contribution is 2.75. The molecule has 11 atom stereocenters. The van der Waals surface area contributed by atoms with E-state index in [1.54, 1.807) is 6.08 Å². The molecule has 0 bridgehead atoms. The molecule has 0 heterocycles. The fraction of sp³-hybridized carbons (Fsp3) is 0.867. The number of aliphatic carboxylic acids is 1. The van der Waals surface area contributed by atoms with Gasteiger partial charge in [0.15, 0.2) is 5.78 Å². The van der Waals surface area contributed by atoms with Crippen molar-refractivity contribution >= 4 is 11.8 Å². The molecule has 7 nitrogen and oxygen atoms in total. The maximum absolute atomic E-state index is 14.3. The minimum absolute atomic E-state index is 0.0668. The van der Waals surface area contributed by atoms with Crippen molar-refractivity contribution in [2.75, 3.05) is 6.61 Å². The van der Waals surface area contributed by atoms with Crippen molar-refractivity contribution < 1.29 is 35.1 Å². The summed E-state index contributed by atoms with van der Waals surface area (Å²) in [4.78, 5) is 27.1. The third-order valence-corrected chi connectivity index (χ3v) is 13.1. The lowest BCUT2D eigenvalue weighted by Crippen LogP contribution is -2.70. The van der Waals surface area contributed by atoms with Gasteiger partial charge in [0.2, 0.25) is 0 Å². The van der Waals surface area contributed by atoms with E-state index in [1.165, 1.54) is 0 Å². The summed E-state index contributed by atoms with van der Waals surface area (Å²) in [5.41, 5.74) is -3.30. The number of carbonyl (C=O) groups is 2. The Morgan fingerprint density at radius 2 is 1.57 bits per heavy atom. The van der Waals surface area contributed by atoms with Crippen LogP contribution in [0.15, 0.2) is 11.6 Å². The van der Waals surface area contributed by atoms with Crippen LogP contribution in [-0.4, -0.2) is 62.2 Å². The number of fused-ring (bicyclic) bond motifs is 7. The summed E-state index contributed by atoms with van der Waals surface area (Å²) >= 11 is 0. The molecule has 7 heteroatoms. The van der Waals surface area contributed by atoms with Crippen LogP contribution >= 0.6 is 0 Å². The number of hydrogen-bond donors (Lipinski definition) is 5. The maximum atomic E-state index is 14.3. The van der Waals surface area contributed by atoms with Crippen molar-refractivity contribution in [3.8, 4) is 0 Å². The number of ketones is 1. The van der Waals surface area contributed by atoms with Gasteiger partial charge < -0.3 is 25.5 Å². The Kier molecular flexibility index (Phi) is 5.82. The van der Waals surface area contributed by atoms with Crippen LogP contribution in [0, 0.1) is 50.2 Å². The monoisotopic (exact) mass is 518 g/mol. The van der Waals surface area contributed by atoms with Gasteiger partial charge in [-0.1, -0.05) is 47.1 Å². The van der Waals surface area contributed by atoms with Crippen molar-refractivity contribution in [2.45, 2.75) is 105 Å². The molecule has 0 radical (unpaired) electrons. The minimum Gasteiger partial charge on any atom is -0.481 e. The van der Waals surface area contributed by atoms with Crippen molar-refractivity contribution in [2.24, 2.45) is 50.2 Å². The summed E-state index contributed by atoms with van der Waals surface area (Å²) in [5.74, 6) is -2.16. The van der Waals surface area contributed by atoms with E-state index in [-0.39, 0.29) is 24.7 Å². The quantitative estimate of drug-likeness (QED) is 0.378. The third kappa shape index (κ3) is 3.09. The molecule has 0 saturated heterocycles. The molecule has 0 aliphatic heterocycles. The number of carbonyl (C=O) groups excluding carboxylic acids is 1. The molecule has 0 aromatic rings. The normalized spacial score (nSPS) is 54.8. The summed E-state index contributed by atoms with van der Waals surface area (Å²) in [6, 6.07) is 0. The van der Waals surface area contributed by atoms with Crippen LogP contribution in [-0.2, 0) is 9.59 Å². The first-order chi connectivity index (χ1) is 17.0. The second-order valence-corrected chi connectivity index (χ2v) is 15.0. The van der Waals surface area contributed by atoms with Gasteiger partial charge >= 0.3 is 5.97 Å². The number of aliphatic hydroxyl groups excluding tert-OH is 4. The Bertz CT molecular complexity index is 1050. The van der Waals surface area contributed by atoms with Gasteiger partial charge in [-0.15, -0.1) is 0 Å². The third-order valence-electron chi connectivity index (χ3n) is 13.1. The van der Waals surface area contributed by atoms with E-state index in [4.69, 9.17) is 0 Å². The van der Waals surface area contributed by atoms with Crippen LogP contribution in [0.3, 0.4) is 0 Å². The molecule has 0 aromatic heterocycles. The Morgan fingerprint density at radius 3 is 2.16 bits per heavy atom. The first kappa shape index (κ1) is 27.3. The van der Waals surface area contributed by atoms with Gasteiger partial charge in [-0.3, -0.25) is 9.59 Å². The Labute approximate surface area is 220 Å². The van der Waals surface area contributed by atoms with Crippen LogP contribution < -0.4 is 0 Å². The molecule has 5 aliphatic rings. The molecule has 4 saturated carbocycles. The van der Waals surface area contributed by atoms with E-state index in [1.807, 2.05) is 27.7 Å². The van der Waals surface area contributed by atoms with Gasteiger partial charge in [0.1, 0.15) is 0 Å². The van der Waals surface area contributed by atoms with E-state index in [0.29, 0.717) is 38.5 Å². The van der Waals surface area contributed by atoms with Gasteiger partial charge in [-0.05, 0) is 78.6 Å². The summed E-state index contributed by atoms with van der Waals surface area (Å²) in [5, 5.41) is 54.4. The maximum Gasteiger partial charge on any atom is 0.310 e. The Balaban J connectivity index is 1.69. The fourth-order valence-electron chi connectivity index (χ4n) is 10.6. The lowest BCUT2D eigenvalue weighted by atomic mass is 9.33. The number of carboxylic acid groups (broad SMARTS) is 1. The molecular weight excluding hydrogens is 472 g/mol. The summed E-state index contributed by atoms with van der Waals surface area (Å²) in [6.45, 7) is 11.9. The molecule has 208 valence electrons. The average Bonchev–Trinajstić information content (AvgIpc) is 2.80. The van der Waals surface area contributed by atoms with Crippen LogP contribution in [0.2, 0.25) is 0 Å². The first-order valence-corrected chi connectivity index (χ1v) is 14.1. The van der Waals surface area contributed by atoms with Crippen LogP contribution in [0.4, 0.5) is 0 Å². The molecule has 0 amide bonds. The lowest BCUT2D eigenvalue weighted by molar-refractivity contribution is -0.241. The lowest BCUT2D eigenvalue weighted by Gasteiger charge is -2.71. The van der Waals surface area contributed by atoms with Gasteiger partial charge in [-0.2, -0.15) is 0 Å². The zero-order chi connectivity index (χ0) is 27.6. The predicted molar refractivity (Wildman–Crippen MR) is 137 cm³/mol. The smallest absolute Gasteiger partial charge is 0.310 e. The largest absolute Gasteiger partial charge is 0.481 e. The highest BCUT2D eigenvalue weighted by Gasteiger charge is 2.73. The molecule has 4 fully saturated rings. The van der Waals surface area contributed by atoms with Crippen molar-refractivity contribution in [1.29, 1.82) is 0 Å². The number of allylic oxidation sites excluding steroid dienone is 1. The summed E-state index contributed by atoms with van der Waals surface area (Å²) in [7, 11) is 0. The van der Waals surface area contributed by atoms with Gasteiger partial charge in [-0.25, -0.2) is 0 Å². The second-order valence-electron chi connectivity index (χ2n) is 15.0. The topological polar surface area (TPSA) is 135 Å². The zero-order valence-corrected chi connectivity index (χ0v) is 23.3. The van der Waals surface area contributed by atoms with E-state index in [0.717, 1.165) is 5.57 Å². The molecular formula is C30H46O7. The Morgan fingerprint density at radius 1 is 0.946 bits per heavy atom. The van der Waals surface area contributed by atoms with E-state index >= 15 is 0 Å². The second kappa shape index (κ2) is 7.89. The van der Waals surface area contributed by atoms with Crippen molar-refractivity contribution in [3.05, 3.63) is 11.6 Å².